The Labute approximate surface area is 125 Å². The molecule has 1 aromatic rings. The lowest BCUT2D eigenvalue weighted by atomic mass is 10.2. The first-order valence-electron chi connectivity index (χ1n) is 6.21. The SMILES string of the molecule is COCCNCc1c(Cl)cccc1OCCS(C)(=O)=O. The van der Waals surface area contributed by atoms with E-state index in [1.54, 1.807) is 25.3 Å². The lowest BCUT2D eigenvalue weighted by Gasteiger charge is -2.13. The Morgan fingerprint density at radius 1 is 1.30 bits per heavy atom. The maximum atomic E-state index is 11.1. The molecule has 0 heterocycles. The summed E-state index contributed by atoms with van der Waals surface area (Å²) in [6, 6.07) is 5.33. The maximum Gasteiger partial charge on any atom is 0.150 e. The van der Waals surface area contributed by atoms with Gasteiger partial charge in [-0.25, -0.2) is 8.42 Å². The highest BCUT2D eigenvalue weighted by atomic mass is 35.5. The van der Waals surface area contributed by atoms with Gasteiger partial charge in [0.15, 0.2) is 9.84 Å². The molecule has 1 N–H and O–H groups in total. The fourth-order valence-corrected chi connectivity index (χ4v) is 2.16. The van der Waals surface area contributed by atoms with E-state index in [9.17, 15) is 8.42 Å². The van der Waals surface area contributed by atoms with E-state index < -0.39 is 9.84 Å². The van der Waals surface area contributed by atoms with Gasteiger partial charge in [0.25, 0.3) is 0 Å². The normalized spacial score (nSPS) is 11.6. The van der Waals surface area contributed by atoms with Crippen LogP contribution in [0.15, 0.2) is 18.2 Å². The van der Waals surface area contributed by atoms with Crippen LogP contribution in [0.1, 0.15) is 5.56 Å². The third-order valence-electron chi connectivity index (χ3n) is 2.57. The molecule has 0 saturated carbocycles. The van der Waals surface area contributed by atoms with Crippen molar-refractivity contribution < 1.29 is 17.9 Å². The third-order valence-corrected chi connectivity index (χ3v) is 3.83. The minimum atomic E-state index is -3.03. The van der Waals surface area contributed by atoms with Gasteiger partial charge in [-0.2, -0.15) is 0 Å². The molecule has 0 spiro atoms. The molecule has 0 bridgehead atoms. The van der Waals surface area contributed by atoms with Crippen LogP contribution in [0.25, 0.3) is 0 Å². The monoisotopic (exact) mass is 321 g/mol. The highest BCUT2D eigenvalue weighted by Crippen LogP contribution is 2.26. The van der Waals surface area contributed by atoms with Gasteiger partial charge in [0, 0.05) is 37.0 Å². The fraction of sp³-hybridized carbons (Fsp3) is 0.538. The van der Waals surface area contributed by atoms with Crippen molar-refractivity contribution in [2.45, 2.75) is 6.54 Å². The molecular formula is C13H20ClNO4S. The second-order valence-electron chi connectivity index (χ2n) is 4.36. The summed E-state index contributed by atoms with van der Waals surface area (Å²) in [4.78, 5) is 0. The van der Waals surface area contributed by atoms with Crippen LogP contribution in [0.3, 0.4) is 0 Å². The fourth-order valence-electron chi connectivity index (χ4n) is 1.54. The lowest BCUT2D eigenvalue weighted by Crippen LogP contribution is -2.20. The Balaban J connectivity index is 2.62. The number of hydrogen-bond acceptors (Lipinski definition) is 5. The molecule has 7 heteroatoms. The molecule has 0 unspecified atom stereocenters. The number of halogens is 1. The molecule has 114 valence electrons. The second kappa shape index (κ2) is 8.46. The van der Waals surface area contributed by atoms with Gasteiger partial charge >= 0.3 is 0 Å². The standard InChI is InChI=1S/C13H20ClNO4S/c1-18-7-6-15-10-11-12(14)4-3-5-13(11)19-8-9-20(2,16)17/h3-5,15H,6-10H2,1-2H3. The lowest BCUT2D eigenvalue weighted by molar-refractivity contribution is 0.199. The minimum absolute atomic E-state index is 0.0178. The van der Waals surface area contributed by atoms with Crippen LogP contribution in [0.4, 0.5) is 0 Å². The molecule has 0 amide bonds. The zero-order valence-corrected chi connectivity index (χ0v) is 13.3. The number of hydrogen-bond donors (Lipinski definition) is 1. The molecule has 0 aromatic heterocycles. The molecule has 0 atom stereocenters. The van der Waals surface area contributed by atoms with Crippen molar-refractivity contribution >= 4 is 21.4 Å². The van der Waals surface area contributed by atoms with Crippen LogP contribution in [0.5, 0.6) is 5.75 Å². The van der Waals surface area contributed by atoms with E-state index in [1.807, 2.05) is 0 Å². The van der Waals surface area contributed by atoms with Crippen molar-refractivity contribution in [1.29, 1.82) is 0 Å². The summed E-state index contributed by atoms with van der Waals surface area (Å²) in [6.07, 6.45) is 1.18. The van der Waals surface area contributed by atoms with Crippen LogP contribution in [-0.2, 0) is 21.1 Å². The summed E-state index contributed by atoms with van der Waals surface area (Å²) in [5.74, 6) is 0.585. The Morgan fingerprint density at radius 2 is 2.05 bits per heavy atom. The zero-order chi connectivity index (χ0) is 15.0. The van der Waals surface area contributed by atoms with Crippen LogP contribution >= 0.6 is 11.6 Å². The summed E-state index contributed by atoms with van der Waals surface area (Å²) in [6.45, 7) is 1.96. The van der Waals surface area contributed by atoms with Gasteiger partial charge in [-0.3, -0.25) is 0 Å². The van der Waals surface area contributed by atoms with E-state index in [1.165, 1.54) is 6.26 Å². The molecule has 0 fully saturated rings. The van der Waals surface area contributed by atoms with Crippen molar-refractivity contribution in [3.8, 4) is 5.75 Å². The zero-order valence-electron chi connectivity index (χ0n) is 11.7. The maximum absolute atomic E-state index is 11.1. The van der Waals surface area contributed by atoms with E-state index in [4.69, 9.17) is 21.1 Å². The molecule has 0 aliphatic rings. The van der Waals surface area contributed by atoms with Crippen molar-refractivity contribution in [1.82, 2.24) is 5.32 Å². The van der Waals surface area contributed by atoms with Gasteiger partial charge in [0.05, 0.1) is 12.4 Å². The second-order valence-corrected chi connectivity index (χ2v) is 7.03. The van der Waals surface area contributed by atoms with Gasteiger partial charge in [-0.15, -0.1) is 0 Å². The summed E-state index contributed by atoms with van der Waals surface area (Å²) in [5, 5.41) is 3.77. The molecule has 0 radical (unpaired) electrons. The smallest absolute Gasteiger partial charge is 0.150 e. The minimum Gasteiger partial charge on any atom is -0.492 e. The largest absolute Gasteiger partial charge is 0.492 e. The first-order chi connectivity index (χ1) is 9.44. The number of sulfone groups is 1. The van der Waals surface area contributed by atoms with Crippen molar-refractivity contribution in [3.63, 3.8) is 0 Å². The van der Waals surface area contributed by atoms with E-state index in [-0.39, 0.29) is 12.4 Å². The van der Waals surface area contributed by atoms with E-state index in [0.29, 0.717) is 30.5 Å². The first kappa shape index (κ1) is 17.2. The number of rotatable bonds is 9. The molecular weight excluding hydrogens is 302 g/mol. The van der Waals surface area contributed by atoms with Gasteiger partial charge in [-0.1, -0.05) is 17.7 Å². The Kier molecular flexibility index (Phi) is 7.29. The summed E-state index contributed by atoms with van der Waals surface area (Å²) < 4.78 is 32.6. The molecule has 1 rings (SSSR count). The molecule has 20 heavy (non-hydrogen) atoms. The quantitative estimate of drug-likeness (QED) is 0.698. The molecule has 0 saturated heterocycles. The highest BCUT2D eigenvalue weighted by molar-refractivity contribution is 7.90. The van der Waals surface area contributed by atoms with Gasteiger partial charge in [0.1, 0.15) is 12.4 Å². The van der Waals surface area contributed by atoms with Gasteiger partial charge in [-0.05, 0) is 12.1 Å². The van der Waals surface area contributed by atoms with Gasteiger partial charge in [0.2, 0.25) is 0 Å². The number of methoxy groups -OCH3 is 1. The summed E-state index contributed by atoms with van der Waals surface area (Å²) in [5.41, 5.74) is 0.818. The Morgan fingerprint density at radius 3 is 2.70 bits per heavy atom. The van der Waals surface area contributed by atoms with E-state index >= 15 is 0 Å². The van der Waals surface area contributed by atoms with Crippen molar-refractivity contribution in [2.24, 2.45) is 0 Å². The average Bonchev–Trinajstić information content (AvgIpc) is 2.35. The van der Waals surface area contributed by atoms with E-state index in [2.05, 4.69) is 5.32 Å². The van der Waals surface area contributed by atoms with Gasteiger partial charge < -0.3 is 14.8 Å². The number of nitrogens with one attached hydrogen (secondary N) is 1. The first-order valence-corrected chi connectivity index (χ1v) is 8.65. The Hall–Kier alpha value is -0.820. The number of ether oxygens (including phenoxy) is 2. The molecule has 5 nitrogen and oxygen atoms in total. The van der Waals surface area contributed by atoms with Crippen LogP contribution in [0, 0.1) is 0 Å². The highest BCUT2D eigenvalue weighted by Gasteiger charge is 2.09. The van der Waals surface area contributed by atoms with Crippen molar-refractivity contribution in [3.05, 3.63) is 28.8 Å². The summed E-state index contributed by atoms with van der Waals surface area (Å²) >= 11 is 6.14. The molecule has 1 aromatic carbocycles. The predicted octanol–water partition coefficient (Wildman–Crippen LogP) is 1.50. The van der Waals surface area contributed by atoms with Crippen molar-refractivity contribution in [2.75, 3.05) is 38.9 Å². The van der Waals surface area contributed by atoms with Crippen LogP contribution < -0.4 is 10.1 Å². The molecule has 0 aliphatic carbocycles. The third kappa shape index (κ3) is 6.56. The molecule has 0 aliphatic heterocycles. The topological polar surface area (TPSA) is 64.6 Å². The van der Waals surface area contributed by atoms with E-state index in [0.717, 1.165) is 5.56 Å². The predicted molar refractivity (Wildman–Crippen MR) is 80.2 cm³/mol. The Bertz CT molecular complexity index is 519. The number of benzene rings is 1. The average molecular weight is 322 g/mol. The summed E-state index contributed by atoms with van der Waals surface area (Å²) in [7, 11) is -1.40. The van der Waals surface area contributed by atoms with Crippen LogP contribution in [-0.4, -0.2) is 47.3 Å². The van der Waals surface area contributed by atoms with Crippen LogP contribution in [0.2, 0.25) is 5.02 Å².